The van der Waals surface area contributed by atoms with Crippen molar-refractivity contribution in [2.24, 2.45) is 17.8 Å². The molecule has 0 unspecified atom stereocenters. The number of aromatic hydroxyl groups is 1. The summed E-state index contributed by atoms with van der Waals surface area (Å²) < 4.78 is 7.21. The van der Waals surface area contributed by atoms with E-state index >= 15 is 0 Å². The van der Waals surface area contributed by atoms with Crippen molar-refractivity contribution in [2.45, 2.75) is 52.2 Å². The molecule has 0 saturated carbocycles. The van der Waals surface area contributed by atoms with E-state index in [0.717, 1.165) is 39.7 Å². The Morgan fingerprint density at radius 2 is 2.09 bits per heavy atom. The second-order valence-electron chi connectivity index (χ2n) is 9.75. The Labute approximate surface area is 218 Å². The van der Waals surface area contributed by atoms with Gasteiger partial charge in [-0.25, -0.2) is 0 Å². The highest BCUT2D eigenvalue weighted by Crippen LogP contribution is 2.50. The number of imide groups is 1. The highest BCUT2D eigenvalue weighted by Gasteiger charge is 2.56. The Bertz CT molecular complexity index is 1200. The maximum Gasteiger partial charge on any atom is 0.234 e. The molecule has 0 radical (unpaired) electrons. The first-order valence-electron chi connectivity index (χ1n) is 12.2. The van der Waals surface area contributed by atoms with Crippen LogP contribution in [-0.4, -0.2) is 34.5 Å². The van der Waals surface area contributed by atoms with Crippen LogP contribution in [0.2, 0.25) is 0 Å². The van der Waals surface area contributed by atoms with Crippen LogP contribution in [0.3, 0.4) is 0 Å². The minimum atomic E-state index is -0.298. The van der Waals surface area contributed by atoms with E-state index in [2.05, 4.69) is 29.8 Å². The van der Waals surface area contributed by atoms with E-state index < -0.39 is 0 Å². The van der Waals surface area contributed by atoms with E-state index in [9.17, 15) is 14.7 Å². The van der Waals surface area contributed by atoms with Crippen molar-refractivity contribution in [1.82, 2.24) is 4.90 Å². The van der Waals surface area contributed by atoms with Gasteiger partial charge in [0, 0.05) is 20.8 Å². The van der Waals surface area contributed by atoms with Crippen molar-refractivity contribution in [1.29, 1.82) is 0 Å². The molecule has 2 amide bonds. The Hall–Kier alpha value is -2.22. The maximum atomic E-state index is 13.4. The predicted molar refractivity (Wildman–Crippen MR) is 141 cm³/mol. The number of halogens is 1. The lowest BCUT2D eigenvalue weighted by Gasteiger charge is -2.31. The second kappa shape index (κ2) is 10.0. The normalized spacial score (nSPS) is 26.5. The fraction of sp³-hybridized carbons (Fsp3) is 0.429. The number of likely N-dealkylation sites (tertiary alicyclic amines) is 1. The fourth-order valence-corrected chi connectivity index (χ4v) is 7.00. The van der Waals surface area contributed by atoms with Crippen LogP contribution < -0.4 is 0 Å². The fourth-order valence-electron chi connectivity index (χ4n) is 5.93. The lowest BCUT2D eigenvalue weighted by Crippen LogP contribution is -2.34. The molecule has 1 aromatic heterocycles. The smallest absolute Gasteiger partial charge is 0.234 e. The molecular formula is C28H30BrNO4S. The van der Waals surface area contributed by atoms with Crippen LogP contribution in [0, 0.1) is 17.8 Å². The average molecular weight is 557 g/mol. The van der Waals surface area contributed by atoms with Gasteiger partial charge in [-0.2, -0.15) is 0 Å². The number of benzene rings is 1. The number of thiophene rings is 1. The molecule has 3 aliphatic rings. The van der Waals surface area contributed by atoms with Crippen molar-refractivity contribution in [2.75, 3.05) is 6.61 Å². The Kier molecular flexibility index (Phi) is 7.02. The molecule has 2 aliphatic heterocycles. The molecule has 2 saturated heterocycles. The molecule has 5 rings (SSSR count). The van der Waals surface area contributed by atoms with Crippen molar-refractivity contribution in [3.05, 3.63) is 67.3 Å². The molecule has 1 aliphatic carbocycles. The molecule has 1 N–H and O–H groups in total. The molecule has 1 aromatic carbocycles. The van der Waals surface area contributed by atoms with Gasteiger partial charge in [-0.05, 0) is 67.8 Å². The first kappa shape index (κ1) is 24.5. The molecule has 0 bridgehead atoms. The summed E-state index contributed by atoms with van der Waals surface area (Å²) in [6.07, 6.45) is 5.19. The number of hydrogen-bond acceptors (Lipinski definition) is 5. The van der Waals surface area contributed by atoms with Gasteiger partial charge in [-0.15, -0.1) is 11.3 Å². The van der Waals surface area contributed by atoms with Crippen molar-refractivity contribution >= 4 is 45.2 Å². The van der Waals surface area contributed by atoms with Crippen LogP contribution in [0.5, 0.6) is 5.75 Å². The van der Waals surface area contributed by atoms with Crippen LogP contribution in [0.25, 0.3) is 6.08 Å². The Balaban J connectivity index is 1.32. The molecule has 7 heteroatoms. The number of fused-ring (bicyclic) bond motifs is 3. The molecule has 3 heterocycles. The maximum absolute atomic E-state index is 13.4. The standard InChI is InChI=1S/C28H30BrNO4S/c1-3-17-13-21-26(28(33)30(27(21)32)14-20-5-4-10-35-20)22-15-34-24(25(17)22)9-6-16(2)11-18-12-19(29)7-8-23(18)31/h4-5,7-8,10-12,21-22,24,26,31H,3,6,9,13-15H2,1-2H3/b16-11+/t21-,22+,24-,26-/m1/s1. The van der Waals surface area contributed by atoms with E-state index in [-0.39, 0.29) is 41.4 Å². The SMILES string of the molecule is CCC1=C2[C@@H](CC/C(C)=C/c3cc(Br)ccc3O)OC[C@@H]2[C@@H]2C(=O)N(Cc3cccs3)C(=O)[C@@H]2C1. The molecule has 4 atom stereocenters. The molecule has 2 fully saturated rings. The lowest BCUT2D eigenvalue weighted by atomic mass is 9.69. The molecule has 184 valence electrons. The zero-order valence-electron chi connectivity index (χ0n) is 20.0. The van der Waals surface area contributed by atoms with Gasteiger partial charge in [-0.3, -0.25) is 14.5 Å². The van der Waals surface area contributed by atoms with Gasteiger partial charge in [0.05, 0.1) is 31.1 Å². The van der Waals surface area contributed by atoms with E-state index in [1.54, 1.807) is 17.4 Å². The number of ether oxygens (including phenoxy) is 1. The van der Waals surface area contributed by atoms with Crippen LogP contribution in [-0.2, 0) is 20.9 Å². The number of carbonyl (C=O) groups excluding carboxylic acids is 2. The van der Waals surface area contributed by atoms with Crippen LogP contribution in [0.15, 0.2) is 56.9 Å². The number of amides is 2. The molecule has 2 aromatic rings. The quantitative estimate of drug-likeness (QED) is 0.320. The lowest BCUT2D eigenvalue weighted by molar-refractivity contribution is -0.140. The van der Waals surface area contributed by atoms with Crippen LogP contribution >= 0.6 is 27.3 Å². The number of phenols is 1. The van der Waals surface area contributed by atoms with Gasteiger partial charge in [-0.1, -0.05) is 46.1 Å². The third-order valence-electron chi connectivity index (χ3n) is 7.61. The van der Waals surface area contributed by atoms with Crippen LogP contribution in [0.4, 0.5) is 0 Å². The summed E-state index contributed by atoms with van der Waals surface area (Å²) in [4.78, 5) is 29.2. The van der Waals surface area contributed by atoms with Gasteiger partial charge < -0.3 is 9.84 Å². The number of nitrogens with zero attached hydrogens (tertiary/aromatic N) is 1. The Morgan fingerprint density at radius 3 is 2.83 bits per heavy atom. The first-order chi connectivity index (χ1) is 16.9. The van der Waals surface area contributed by atoms with E-state index in [1.807, 2.05) is 35.7 Å². The average Bonchev–Trinajstić information content (AvgIpc) is 3.56. The summed E-state index contributed by atoms with van der Waals surface area (Å²) in [6.45, 7) is 5.09. The molecular weight excluding hydrogens is 526 g/mol. The summed E-state index contributed by atoms with van der Waals surface area (Å²) in [5.74, 6) is -0.346. The first-order valence-corrected chi connectivity index (χ1v) is 13.9. The van der Waals surface area contributed by atoms with Gasteiger partial charge in [0.2, 0.25) is 11.8 Å². The summed E-state index contributed by atoms with van der Waals surface area (Å²) in [6, 6.07) is 9.35. The monoisotopic (exact) mass is 555 g/mol. The number of phenolic OH excluding ortho intramolecular Hbond substituents is 1. The van der Waals surface area contributed by atoms with E-state index in [1.165, 1.54) is 16.0 Å². The molecule has 35 heavy (non-hydrogen) atoms. The zero-order chi connectivity index (χ0) is 24.7. The summed E-state index contributed by atoms with van der Waals surface area (Å²) in [7, 11) is 0. The number of hydrogen-bond donors (Lipinski definition) is 1. The number of rotatable bonds is 7. The highest BCUT2D eigenvalue weighted by atomic mass is 79.9. The Morgan fingerprint density at radius 1 is 1.26 bits per heavy atom. The van der Waals surface area contributed by atoms with Crippen molar-refractivity contribution < 1.29 is 19.4 Å². The summed E-state index contributed by atoms with van der Waals surface area (Å²) >= 11 is 5.04. The predicted octanol–water partition coefficient (Wildman–Crippen LogP) is 6.33. The largest absolute Gasteiger partial charge is 0.507 e. The summed E-state index contributed by atoms with van der Waals surface area (Å²) in [5.41, 5.74) is 4.51. The number of carbonyl (C=O) groups is 2. The topological polar surface area (TPSA) is 66.8 Å². The minimum Gasteiger partial charge on any atom is -0.507 e. The van der Waals surface area contributed by atoms with E-state index in [4.69, 9.17) is 4.74 Å². The second-order valence-corrected chi connectivity index (χ2v) is 11.7. The van der Waals surface area contributed by atoms with Gasteiger partial charge in [0.25, 0.3) is 0 Å². The highest BCUT2D eigenvalue weighted by molar-refractivity contribution is 9.10. The minimum absolute atomic E-state index is 0.00288. The third kappa shape index (κ3) is 4.66. The third-order valence-corrected chi connectivity index (χ3v) is 8.97. The zero-order valence-corrected chi connectivity index (χ0v) is 22.4. The summed E-state index contributed by atoms with van der Waals surface area (Å²) in [5, 5.41) is 12.1. The van der Waals surface area contributed by atoms with E-state index in [0.29, 0.717) is 19.6 Å². The van der Waals surface area contributed by atoms with Crippen LogP contribution in [0.1, 0.15) is 50.0 Å². The van der Waals surface area contributed by atoms with Crippen molar-refractivity contribution in [3.8, 4) is 5.75 Å². The number of allylic oxidation sites excluding steroid dienone is 2. The van der Waals surface area contributed by atoms with Gasteiger partial charge >= 0.3 is 0 Å². The van der Waals surface area contributed by atoms with Crippen molar-refractivity contribution in [3.63, 3.8) is 0 Å². The molecule has 5 nitrogen and oxygen atoms in total. The van der Waals surface area contributed by atoms with Gasteiger partial charge in [0.15, 0.2) is 0 Å². The molecule has 0 spiro atoms. The van der Waals surface area contributed by atoms with Gasteiger partial charge in [0.1, 0.15) is 5.75 Å².